The molecule has 4 aliphatic heterocycles. The van der Waals surface area contributed by atoms with Crippen molar-refractivity contribution in [1.82, 2.24) is 0 Å². The van der Waals surface area contributed by atoms with Gasteiger partial charge in [-0.2, -0.15) is 0 Å². The number of hydrogen-bond acceptors (Lipinski definition) is 12. The smallest absolute Gasteiger partial charge is 0.231 e. The molecule has 12 heteroatoms. The minimum atomic E-state index is -1.59. The number of ether oxygens (including phenoxy) is 7. The van der Waals surface area contributed by atoms with Gasteiger partial charge >= 0.3 is 0 Å². The summed E-state index contributed by atoms with van der Waals surface area (Å²) in [6.07, 6.45) is -7.76. The van der Waals surface area contributed by atoms with Gasteiger partial charge in [0.05, 0.1) is 39.1 Å². The summed E-state index contributed by atoms with van der Waals surface area (Å²) >= 11 is 0. The van der Waals surface area contributed by atoms with Gasteiger partial charge in [0.25, 0.3) is 0 Å². The van der Waals surface area contributed by atoms with Gasteiger partial charge in [-0.15, -0.1) is 0 Å². The summed E-state index contributed by atoms with van der Waals surface area (Å²) in [6.45, 7) is 0.470. The number of rotatable bonds is 6. The zero-order chi connectivity index (χ0) is 26.6. The van der Waals surface area contributed by atoms with E-state index in [9.17, 15) is 25.5 Å². The van der Waals surface area contributed by atoms with Crippen LogP contribution in [0.25, 0.3) is 0 Å². The van der Waals surface area contributed by atoms with Gasteiger partial charge in [-0.05, 0) is 35.4 Å². The maximum atomic E-state index is 10.7. The summed E-state index contributed by atoms with van der Waals surface area (Å²) in [5.74, 6) is 1.65. The standard InChI is InChI=1S/C26H30O12/c1-32-17-5-12(6-18-25(17)36-10-35-18)24-14-9-33-23(13(14)8-34-24)11-2-3-16(15(28)4-11)37-26-22(31)21(30)20(29)19(7-27)38-26/h2-6,13-14,19-24,26-31H,7-10H2,1H3/t13-,14+,19+,20+,21-,22+,23-,24+,26-/m0/s1. The summed E-state index contributed by atoms with van der Waals surface area (Å²) in [5.41, 5.74) is 1.64. The number of benzene rings is 2. The third kappa shape index (κ3) is 4.22. The van der Waals surface area contributed by atoms with E-state index in [0.717, 1.165) is 11.1 Å². The van der Waals surface area contributed by atoms with Crippen LogP contribution in [-0.4, -0.2) is 90.0 Å². The van der Waals surface area contributed by atoms with Crippen molar-refractivity contribution in [2.24, 2.45) is 11.8 Å². The van der Waals surface area contributed by atoms with Crippen molar-refractivity contribution in [3.05, 3.63) is 41.5 Å². The first-order valence-electron chi connectivity index (χ1n) is 12.4. The largest absolute Gasteiger partial charge is 0.504 e. The van der Waals surface area contributed by atoms with Crippen LogP contribution in [0, 0.1) is 11.8 Å². The molecule has 4 heterocycles. The Bertz CT molecular complexity index is 1170. The molecule has 4 aliphatic rings. The SMILES string of the molecule is COc1cc([C@H]2OC[C@H]3[C@H]2CO[C@H]3c2ccc(O[C@H]3O[C@H](CO)[C@@H](O)[C@H](O)[C@H]3O)c(O)c2)cc2c1OCO2. The molecule has 2 aromatic rings. The first-order valence-corrected chi connectivity index (χ1v) is 12.4. The van der Waals surface area contributed by atoms with Crippen LogP contribution in [0.5, 0.6) is 28.7 Å². The molecule has 206 valence electrons. The van der Waals surface area contributed by atoms with E-state index in [2.05, 4.69) is 0 Å². The molecule has 9 atom stereocenters. The lowest BCUT2D eigenvalue weighted by molar-refractivity contribution is -0.277. The molecule has 12 nitrogen and oxygen atoms in total. The average molecular weight is 535 g/mol. The first kappa shape index (κ1) is 25.4. The van der Waals surface area contributed by atoms with E-state index in [1.807, 2.05) is 12.1 Å². The van der Waals surface area contributed by atoms with Crippen LogP contribution in [0.15, 0.2) is 30.3 Å². The number of fused-ring (bicyclic) bond motifs is 2. The maximum absolute atomic E-state index is 10.7. The molecule has 0 unspecified atom stereocenters. The van der Waals surface area contributed by atoms with Crippen molar-refractivity contribution < 1.29 is 58.7 Å². The third-order valence-corrected chi connectivity index (χ3v) is 7.68. The van der Waals surface area contributed by atoms with Gasteiger partial charge in [-0.1, -0.05) is 6.07 Å². The number of aromatic hydroxyl groups is 1. The Balaban J connectivity index is 1.17. The molecule has 3 fully saturated rings. The summed E-state index contributed by atoms with van der Waals surface area (Å²) in [4.78, 5) is 0. The van der Waals surface area contributed by atoms with Crippen molar-refractivity contribution in [3.8, 4) is 28.7 Å². The molecule has 0 aliphatic carbocycles. The summed E-state index contributed by atoms with van der Waals surface area (Å²) in [7, 11) is 1.57. The average Bonchev–Trinajstić information content (AvgIpc) is 3.66. The lowest BCUT2D eigenvalue weighted by atomic mass is 9.85. The number of aliphatic hydroxyl groups excluding tert-OH is 4. The van der Waals surface area contributed by atoms with Crippen molar-refractivity contribution in [2.75, 3.05) is 33.7 Å². The Morgan fingerprint density at radius 1 is 0.868 bits per heavy atom. The van der Waals surface area contributed by atoms with Crippen LogP contribution in [0.2, 0.25) is 0 Å². The van der Waals surface area contributed by atoms with Crippen LogP contribution in [0.3, 0.4) is 0 Å². The molecule has 0 amide bonds. The van der Waals surface area contributed by atoms with Crippen molar-refractivity contribution in [1.29, 1.82) is 0 Å². The monoisotopic (exact) mass is 534 g/mol. The van der Waals surface area contributed by atoms with Gasteiger partial charge in [-0.25, -0.2) is 0 Å². The van der Waals surface area contributed by atoms with E-state index in [1.54, 1.807) is 13.2 Å². The van der Waals surface area contributed by atoms with E-state index < -0.39 is 37.3 Å². The van der Waals surface area contributed by atoms with Crippen LogP contribution < -0.4 is 18.9 Å². The molecule has 0 bridgehead atoms. The number of phenolic OH excluding ortho intramolecular Hbond substituents is 1. The van der Waals surface area contributed by atoms with E-state index in [0.29, 0.717) is 30.5 Å². The highest BCUT2D eigenvalue weighted by molar-refractivity contribution is 5.55. The molecular formula is C26H30O12. The fourth-order valence-corrected chi connectivity index (χ4v) is 5.65. The highest BCUT2D eigenvalue weighted by Gasteiger charge is 2.49. The first-order chi connectivity index (χ1) is 18.4. The maximum Gasteiger partial charge on any atom is 0.231 e. The lowest BCUT2D eigenvalue weighted by Crippen LogP contribution is -2.60. The molecule has 0 spiro atoms. The van der Waals surface area contributed by atoms with Crippen molar-refractivity contribution >= 4 is 0 Å². The molecule has 0 saturated carbocycles. The highest BCUT2D eigenvalue weighted by Crippen LogP contribution is 2.53. The van der Waals surface area contributed by atoms with Crippen LogP contribution >= 0.6 is 0 Å². The minimum absolute atomic E-state index is 0.000583. The van der Waals surface area contributed by atoms with Crippen LogP contribution in [0.1, 0.15) is 23.3 Å². The molecule has 6 rings (SSSR count). The van der Waals surface area contributed by atoms with Gasteiger partial charge < -0.3 is 58.7 Å². The molecule has 3 saturated heterocycles. The number of methoxy groups -OCH3 is 1. The summed E-state index contributed by atoms with van der Waals surface area (Å²) < 4.78 is 39.8. The molecule has 2 aromatic carbocycles. The zero-order valence-corrected chi connectivity index (χ0v) is 20.5. The second kappa shape index (κ2) is 10.0. The zero-order valence-electron chi connectivity index (χ0n) is 20.5. The van der Waals surface area contributed by atoms with Crippen molar-refractivity contribution in [2.45, 2.75) is 42.9 Å². The summed E-state index contributed by atoms with van der Waals surface area (Å²) in [5, 5.41) is 50.2. The van der Waals surface area contributed by atoms with Gasteiger partial charge in [0.2, 0.25) is 18.8 Å². The Labute approximate surface area is 217 Å². The Kier molecular flexibility index (Phi) is 6.72. The lowest BCUT2D eigenvalue weighted by Gasteiger charge is -2.39. The van der Waals surface area contributed by atoms with E-state index >= 15 is 0 Å². The van der Waals surface area contributed by atoms with Crippen LogP contribution in [-0.2, 0) is 14.2 Å². The van der Waals surface area contributed by atoms with Gasteiger partial charge in [0, 0.05) is 11.8 Å². The topological polar surface area (TPSA) is 166 Å². The summed E-state index contributed by atoms with van der Waals surface area (Å²) in [6, 6.07) is 8.57. The molecule has 0 aromatic heterocycles. The fraction of sp³-hybridized carbons (Fsp3) is 0.538. The highest BCUT2D eigenvalue weighted by atomic mass is 16.7. The Morgan fingerprint density at radius 3 is 2.29 bits per heavy atom. The molecule has 0 radical (unpaired) electrons. The number of aliphatic hydroxyl groups is 4. The van der Waals surface area contributed by atoms with Crippen LogP contribution in [0.4, 0.5) is 0 Å². The Hall–Kier alpha value is -2.84. The minimum Gasteiger partial charge on any atom is -0.504 e. The third-order valence-electron chi connectivity index (χ3n) is 7.68. The predicted octanol–water partition coefficient (Wildman–Crippen LogP) is 0.383. The van der Waals surface area contributed by atoms with Crippen molar-refractivity contribution in [3.63, 3.8) is 0 Å². The Morgan fingerprint density at radius 2 is 1.61 bits per heavy atom. The van der Waals surface area contributed by atoms with E-state index in [1.165, 1.54) is 12.1 Å². The van der Waals surface area contributed by atoms with Gasteiger partial charge in [0.15, 0.2) is 23.0 Å². The van der Waals surface area contributed by atoms with E-state index in [-0.39, 0.29) is 42.3 Å². The number of hydrogen-bond donors (Lipinski definition) is 5. The number of phenols is 1. The van der Waals surface area contributed by atoms with E-state index in [4.69, 9.17) is 33.2 Å². The quantitative estimate of drug-likeness (QED) is 0.347. The fourth-order valence-electron chi connectivity index (χ4n) is 5.65. The molecule has 38 heavy (non-hydrogen) atoms. The van der Waals surface area contributed by atoms with Gasteiger partial charge in [-0.3, -0.25) is 0 Å². The molecular weight excluding hydrogens is 504 g/mol. The normalized spacial score (nSPS) is 35.8. The second-order valence-corrected chi connectivity index (χ2v) is 9.83. The predicted molar refractivity (Wildman–Crippen MR) is 126 cm³/mol. The second-order valence-electron chi connectivity index (χ2n) is 9.83. The van der Waals surface area contributed by atoms with Gasteiger partial charge in [0.1, 0.15) is 24.4 Å². The molecule has 5 N–H and O–H groups in total.